The number of nitrogens with one attached hydrogen (secondary N) is 1. The number of rotatable bonds is 4. The lowest BCUT2D eigenvalue weighted by Gasteiger charge is -2.21. The Morgan fingerprint density at radius 2 is 1.65 bits per heavy atom. The lowest BCUT2D eigenvalue weighted by Crippen LogP contribution is -2.46. The number of terminal acetylenes is 2. The van der Waals surface area contributed by atoms with Crippen molar-refractivity contribution in [2.75, 3.05) is 20.2 Å². The van der Waals surface area contributed by atoms with Crippen LogP contribution in [0.2, 0.25) is 0 Å². The van der Waals surface area contributed by atoms with Gasteiger partial charge >= 0.3 is 0 Å². The van der Waals surface area contributed by atoms with Crippen LogP contribution in [0, 0.1) is 25.7 Å². The Balaban J connectivity index is -0.000000170. The van der Waals surface area contributed by atoms with Gasteiger partial charge in [0.15, 0.2) is 0 Å². The molecule has 1 heterocycles. The highest BCUT2D eigenvalue weighted by Crippen LogP contribution is 2.16. The number of hydrogen-bond acceptors (Lipinski definition) is 4. The molecule has 1 aliphatic rings. The molecule has 3 N–H and O–H groups in total. The van der Waals surface area contributed by atoms with Gasteiger partial charge in [0.05, 0.1) is 12.1 Å². The largest absolute Gasteiger partial charge is 0.379 e. The number of carbonyl (C=O) groups is 3. The molecule has 7 heteroatoms. The van der Waals surface area contributed by atoms with Gasteiger partial charge in [0.25, 0.3) is 0 Å². The van der Waals surface area contributed by atoms with E-state index in [9.17, 15) is 14.4 Å². The second-order valence-corrected chi connectivity index (χ2v) is 5.46. The number of nitrogens with two attached hydrogens (primary N) is 1. The summed E-state index contributed by atoms with van der Waals surface area (Å²) in [5, 5.41) is 2.26. The van der Waals surface area contributed by atoms with Gasteiger partial charge < -0.3 is 20.7 Å². The van der Waals surface area contributed by atoms with Gasteiger partial charge in [-0.25, -0.2) is 0 Å². The summed E-state index contributed by atoms with van der Waals surface area (Å²) in [5.41, 5.74) is 5.17. The zero-order valence-electron chi connectivity index (χ0n) is 17.0. The molecular weight excluding hydrogens is 334 g/mol. The van der Waals surface area contributed by atoms with Crippen LogP contribution in [-0.2, 0) is 19.1 Å². The molecule has 3 amide bonds. The molecule has 1 fully saturated rings. The van der Waals surface area contributed by atoms with E-state index in [0.717, 1.165) is 6.42 Å². The molecule has 26 heavy (non-hydrogen) atoms. The summed E-state index contributed by atoms with van der Waals surface area (Å²) in [7, 11) is 1.71. The molecule has 0 radical (unpaired) electrons. The van der Waals surface area contributed by atoms with Crippen LogP contribution in [0.15, 0.2) is 0 Å². The molecule has 0 spiro atoms. The lowest BCUT2D eigenvalue weighted by atomic mass is 10.2. The molecule has 1 atom stereocenters. The molecule has 0 aliphatic carbocycles. The normalized spacial score (nSPS) is 14.2. The van der Waals surface area contributed by atoms with Crippen LogP contribution in [0.4, 0.5) is 0 Å². The van der Waals surface area contributed by atoms with E-state index in [1.807, 2.05) is 34.6 Å². The fraction of sp³-hybridized carbons (Fsp3) is 0.632. The molecule has 0 aromatic carbocycles. The minimum Gasteiger partial charge on any atom is -0.379 e. The molecule has 7 nitrogen and oxygen atoms in total. The van der Waals surface area contributed by atoms with Gasteiger partial charge in [-0.1, -0.05) is 13.8 Å². The Morgan fingerprint density at radius 1 is 1.23 bits per heavy atom. The lowest BCUT2D eigenvalue weighted by molar-refractivity contribution is -0.137. The quantitative estimate of drug-likeness (QED) is 0.573. The molecular formula is C19H35N3O4. The fourth-order valence-corrected chi connectivity index (χ4v) is 1.59. The fourth-order valence-electron chi connectivity index (χ4n) is 1.59. The maximum atomic E-state index is 11.4. The van der Waals surface area contributed by atoms with E-state index in [4.69, 9.17) is 10.5 Å². The highest BCUT2D eigenvalue weighted by Gasteiger charge is 2.31. The van der Waals surface area contributed by atoms with Crippen molar-refractivity contribution in [3.63, 3.8) is 0 Å². The SMILES string of the molecule is C#C.C#C.CC.COC(C)(C)C.NC(=O)[C@@H]1CCCN1C(=O)CNC=O. The minimum atomic E-state index is -0.504. The molecule has 150 valence electrons. The average molecular weight is 370 g/mol. The molecule has 1 saturated heterocycles. The van der Waals surface area contributed by atoms with E-state index in [0.29, 0.717) is 19.4 Å². The Kier molecular flexibility index (Phi) is 24.7. The zero-order chi connectivity index (χ0) is 21.8. The van der Waals surface area contributed by atoms with E-state index in [-0.39, 0.29) is 18.1 Å². The molecule has 0 aromatic rings. The zero-order valence-corrected chi connectivity index (χ0v) is 17.0. The van der Waals surface area contributed by atoms with Gasteiger partial charge in [0.1, 0.15) is 6.04 Å². The third-order valence-corrected chi connectivity index (χ3v) is 2.85. The summed E-state index contributed by atoms with van der Waals surface area (Å²) in [6, 6.07) is -0.504. The van der Waals surface area contributed by atoms with Crippen molar-refractivity contribution in [2.45, 2.75) is 59.1 Å². The maximum Gasteiger partial charge on any atom is 0.242 e. The van der Waals surface area contributed by atoms with Crippen molar-refractivity contribution < 1.29 is 19.1 Å². The van der Waals surface area contributed by atoms with Crippen LogP contribution in [0.3, 0.4) is 0 Å². The number of likely N-dealkylation sites (tertiary alicyclic amines) is 1. The molecule has 0 aromatic heterocycles. The van der Waals surface area contributed by atoms with Crippen molar-refractivity contribution in [1.82, 2.24) is 10.2 Å². The van der Waals surface area contributed by atoms with Gasteiger partial charge in [-0.2, -0.15) is 0 Å². The number of amides is 3. The first kappa shape index (κ1) is 31.3. The molecule has 0 unspecified atom stereocenters. The number of carbonyl (C=O) groups excluding carboxylic acids is 3. The summed E-state index contributed by atoms with van der Waals surface area (Å²) >= 11 is 0. The third-order valence-electron chi connectivity index (χ3n) is 2.85. The average Bonchev–Trinajstić information content (AvgIpc) is 3.15. The summed E-state index contributed by atoms with van der Waals surface area (Å²) in [4.78, 5) is 33.7. The van der Waals surface area contributed by atoms with E-state index in [1.165, 1.54) is 4.90 Å². The molecule has 0 bridgehead atoms. The topological polar surface area (TPSA) is 102 Å². The highest BCUT2D eigenvalue weighted by atomic mass is 16.5. The molecule has 1 rings (SSSR count). The minimum absolute atomic E-state index is 0.0417. The van der Waals surface area contributed by atoms with E-state index in [1.54, 1.807) is 7.11 Å². The van der Waals surface area contributed by atoms with Gasteiger partial charge in [-0.15, -0.1) is 25.7 Å². The predicted molar refractivity (Wildman–Crippen MR) is 106 cm³/mol. The maximum absolute atomic E-state index is 11.4. The van der Waals surface area contributed by atoms with Crippen LogP contribution >= 0.6 is 0 Å². The van der Waals surface area contributed by atoms with Crippen LogP contribution in [0.1, 0.15) is 47.5 Å². The smallest absolute Gasteiger partial charge is 0.242 e. The van der Waals surface area contributed by atoms with Crippen molar-refractivity contribution in [2.24, 2.45) is 5.73 Å². The summed E-state index contributed by atoms with van der Waals surface area (Å²) < 4.78 is 4.94. The van der Waals surface area contributed by atoms with Crippen molar-refractivity contribution in [1.29, 1.82) is 0 Å². The van der Waals surface area contributed by atoms with Gasteiger partial charge in [-0.05, 0) is 33.6 Å². The molecule has 1 aliphatic heterocycles. The van der Waals surface area contributed by atoms with Crippen LogP contribution in [0.5, 0.6) is 0 Å². The summed E-state index contributed by atoms with van der Waals surface area (Å²) in [5.74, 6) is -0.750. The Morgan fingerprint density at radius 3 is 1.96 bits per heavy atom. The second-order valence-electron chi connectivity index (χ2n) is 5.46. The number of methoxy groups -OCH3 is 1. The number of nitrogens with zero attached hydrogens (tertiary/aromatic N) is 1. The third kappa shape index (κ3) is 17.8. The van der Waals surface area contributed by atoms with Crippen molar-refractivity contribution >= 4 is 18.2 Å². The van der Waals surface area contributed by atoms with Gasteiger partial charge in [0.2, 0.25) is 18.2 Å². The highest BCUT2D eigenvalue weighted by molar-refractivity contribution is 5.88. The van der Waals surface area contributed by atoms with Gasteiger partial charge in [0, 0.05) is 13.7 Å². The van der Waals surface area contributed by atoms with E-state index < -0.39 is 11.9 Å². The molecule has 0 saturated carbocycles. The van der Waals surface area contributed by atoms with Crippen LogP contribution in [0.25, 0.3) is 0 Å². The van der Waals surface area contributed by atoms with Gasteiger partial charge in [-0.3, -0.25) is 14.4 Å². The summed E-state index contributed by atoms with van der Waals surface area (Å²) in [6.45, 7) is 10.5. The van der Waals surface area contributed by atoms with Crippen LogP contribution < -0.4 is 11.1 Å². The first-order valence-corrected chi connectivity index (χ1v) is 8.20. The Labute approximate surface area is 159 Å². The number of hydrogen-bond donors (Lipinski definition) is 2. The Bertz CT molecular complexity index is 406. The summed E-state index contributed by atoms with van der Waals surface area (Å²) in [6.07, 6.45) is 17.8. The van der Waals surface area contributed by atoms with Crippen molar-refractivity contribution in [3.8, 4) is 25.7 Å². The van der Waals surface area contributed by atoms with E-state index in [2.05, 4.69) is 31.0 Å². The first-order chi connectivity index (χ1) is 12.2. The standard InChI is InChI=1S/C8H13N3O3.C5H12O.C2H6.2C2H2/c9-8(14)6-2-1-3-11(6)7(13)4-10-5-12;1-5(2,3)6-4;3*1-2/h5-6H,1-4H2,(H2,9,14)(H,10,12);1-4H3;1-2H3;2*1-2H/t6-;;;;/m0..../s1. The monoisotopic (exact) mass is 369 g/mol. The van der Waals surface area contributed by atoms with Crippen LogP contribution in [-0.4, -0.2) is 55.0 Å². The number of primary amides is 1. The Hall–Kier alpha value is -2.51. The number of ether oxygens (including phenoxy) is 1. The first-order valence-electron chi connectivity index (χ1n) is 8.20. The van der Waals surface area contributed by atoms with E-state index >= 15 is 0 Å². The predicted octanol–water partition coefficient (Wildman–Crippen LogP) is 1.17. The second kappa shape index (κ2) is 20.5. The van der Waals surface area contributed by atoms with Crippen molar-refractivity contribution in [3.05, 3.63) is 0 Å².